The molecule has 17 heavy (non-hydrogen) atoms. The van der Waals surface area contributed by atoms with Crippen molar-refractivity contribution in [1.82, 2.24) is 9.97 Å². The highest BCUT2D eigenvalue weighted by molar-refractivity contribution is 9.10. The average Bonchev–Trinajstić information content (AvgIpc) is 2.58. The van der Waals surface area contributed by atoms with Gasteiger partial charge in [0.1, 0.15) is 16.1 Å². The van der Waals surface area contributed by atoms with Gasteiger partial charge in [-0.15, -0.1) is 0 Å². The number of aryl methyl sites for hydroxylation is 2. The number of H-pyrrole nitrogens is 1. The number of nitrogens with zero attached hydrogens (tertiary/aromatic N) is 1. The average molecular weight is 293 g/mol. The molecule has 0 bridgehead atoms. The van der Waals surface area contributed by atoms with Crippen LogP contribution in [-0.4, -0.2) is 9.97 Å². The Morgan fingerprint density at radius 2 is 1.94 bits per heavy atom. The maximum atomic E-state index is 4.54. The van der Waals surface area contributed by atoms with Crippen LogP contribution in [0.4, 0.5) is 0 Å². The fourth-order valence-corrected chi connectivity index (χ4v) is 2.48. The SMILES string of the molecule is Cc1nc(-c2cc(C(C)C)ccc2C)c(Br)[nH]1. The van der Waals surface area contributed by atoms with Crippen LogP contribution >= 0.6 is 15.9 Å². The molecule has 0 fully saturated rings. The van der Waals surface area contributed by atoms with E-state index in [2.05, 4.69) is 64.9 Å². The van der Waals surface area contributed by atoms with Crippen LogP contribution in [0.2, 0.25) is 0 Å². The summed E-state index contributed by atoms with van der Waals surface area (Å²) >= 11 is 3.53. The summed E-state index contributed by atoms with van der Waals surface area (Å²) in [6.45, 7) is 8.50. The van der Waals surface area contributed by atoms with Gasteiger partial charge in [0.25, 0.3) is 0 Å². The quantitative estimate of drug-likeness (QED) is 0.862. The van der Waals surface area contributed by atoms with Crippen LogP contribution in [0.1, 0.15) is 36.7 Å². The topological polar surface area (TPSA) is 28.7 Å². The highest BCUT2D eigenvalue weighted by atomic mass is 79.9. The molecule has 0 radical (unpaired) electrons. The lowest BCUT2D eigenvalue weighted by Crippen LogP contribution is -1.91. The highest BCUT2D eigenvalue weighted by Gasteiger charge is 2.12. The molecule has 2 rings (SSSR count). The molecule has 2 aromatic rings. The summed E-state index contributed by atoms with van der Waals surface area (Å²) in [5.41, 5.74) is 4.80. The summed E-state index contributed by atoms with van der Waals surface area (Å²) in [4.78, 5) is 7.73. The molecule has 0 saturated carbocycles. The van der Waals surface area contributed by atoms with Crippen molar-refractivity contribution in [3.8, 4) is 11.3 Å². The molecular formula is C14H17BrN2. The minimum absolute atomic E-state index is 0.535. The molecular weight excluding hydrogens is 276 g/mol. The molecule has 2 nitrogen and oxygen atoms in total. The zero-order valence-corrected chi connectivity index (χ0v) is 12.2. The van der Waals surface area contributed by atoms with E-state index in [0.717, 1.165) is 16.1 Å². The van der Waals surface area contributed by atoms with E-state index in [1.165, 1.54) is 16.7 Å². The van der Waals surface area contributed by atoms with Crippen LogP contribution < -0.4 is 0 Å². The van der Waals surface area contributed by atoms with Gasteiger partial charge in [-0.25, -0.2) is 4.98 Å². The van der Waals surface area contributed by atoms with Gasteiger partial charge in [0.15, 0.2) is 0 Å². The van der Waals surface area contributed by atoms with Crippen molar-refractivity contribution in [3.05, 3.63) is 39.8 Å². The summed E-state index contributed by atoms with van der Waals surface area (Å²) < 4.78 is 0.957. The van der Waals surface area contributed by atoms with Crippen LogP contribution in [0.25, 0.3) is 11.3 Å². The lowest BCUT2D eigenvalue weighted by Gasteiger charge is -2.10. The summed E-state index contributed by atoms with van der Waals surface area (Å²) in [6.07, 6.45) is 0. The third-order valence-electron chi connectivity index (χ3n) is 2.96. The number of aromatic amines is 1. The zero-order chi connectivity index (χ0) is 12.6. The molecule has 1 aromatic heterocycles. The van der Waals surface area contributed by atoms with E-state index in [9.17, 15) is 0 Å². The second kappa shape index (κ2) is 4.65. The predicted octanol–water partition coefficient (Wildman–Crippen LogP) is 4.58. The Labute approximate surface area is 111 Å². The summed E-state index contributed by atoms with van der Waals surface area (Å²) in [5, 5.41) is 0. The third kappa shape index (κ3) is 2.44. The molecule has 0 aliphatic heterocycles. The van der Waals surface area contributed by atoms with Gasteiger partial charge in [-0.2, -0.15) is 0 Å². The van der Waals surface area contributed by atoms with Crippen LogP contribution in [0.15, 0.2) is 22.8 Å². The zero-order valence-electron chi connectivity index (χ0n) is 10.6. The molecule has 0 unspecified atom stereocenters. The molecule has 1 aromatic carbocycles. The van der Waals surface area contributed by atoms with Crippen molar-refractivity contribution in [2.24, 2.45) is 0 Å². The Balaban J connectivity index is 2.58. The molecule has 3 heteroatoms. The minimum Gasteiger partial charge on any atom is -0.336 e. The number of hydrogen-bond acceptors (Lipinski definition) is 1. The molecule has 0 amide bonds. The van der Waals surface area contributed by atoms with Gasteiger partial charge < -0.3 is 4.98 Å². The van der Waals surface area contributed by atoms with Gasteiger partial charge in [-0.1, -0.05) is 26.0 Å². The Bertz CT molecular complexity index is 541. The van der Waals surface area contributed by atoms with Crippen molar-refractivity contribution in [3.63, 3.8) is 0 Å². The van der Waals surface area contributed by atoms with Gasteiger partial charge >= 0.3 is 0 Å². The minimum atomic E-state index is 0.535. The van der Waals surface area contributed by atoms with Gasteiger partial charge in [0.2, 0.25) is 0 Å². The Morgan fingerprint density at radius 3 is 2.47 bits per heavy atom. The first-order valence-electron chi connectivity index (χ1n) is 5.82. The smallest absolute Gasteiger partial charge is 0.110 e. The molecule has 0 atom stereocenters. The highest BCUT2D eigenvalue weighted by Crippen LogP contribution is 2.31. The van der Waals surface area contributed by atoms with E-state index in [0.29, 0.717) is 5.92 Å². The van der Waals surface area contributed by atoms with Crippen molar-refractivity contribution in [2.75, 3.05) is 0 Å². The summed E-state index contributed by atoms with van der Waals surface area (Å²) in [6, 6.07) is 6.60. The maximum Gasteiger partial charge on any atom is 0.110 e. The van der Waals surface area contributed by atoms with E-state index < -0.39 is 0 Å². The van der Waals surface area contributed by atoms with Crippen LogP contribution in [0.3, 0.4) is 0 Å². The van der Waals surface area contributed by atoms with Crippen LogP contribution in [0, 0.1) is 13.8 Å². The molecule has 0 spiro atoms. The molecule has 90 valence electrons. The second-order valence-electron chi connectivity index (χ2n) is 4.71. The van der Waals surface area contributed by atoms with Crippen molar-refractivity contribution < 1.29 is 0 Å². The number of aromatic nitrogens is 2. The predicted molar refractivity (Wildman–Crippen MR) is 75.3 cm³/mol. The third-order valence-corrected chi connectivity index (χ3v) is 3.54. The number of halogens is 1. The number of hydrogen-bond donors (Lipinski definition) is 1. The van der Waals surface area contributed by atoms with Crippen molar-refractivity contribution in [1.29, 1.82) is 0 Å². The van der Waals surface area contributed by atoms with E-state index in [1.54, 1.807) is 0 Å². The number of rotatable bonds is 2. The first kappa shape index (κ1) is 12.4. The fraction of sp³-hybridized carbons (Fsp3) is 0.357. The molecule has 0 saturated heterocycles. The van der Waals surface area contributed by atoms with E-state index in [1.807, 2.05) is 6.92 Å². The Hall–Kier alpha value is -1.09. The number of nitrogens with one attached hydrogen (secondary N) is 1. The van der Waals surface area contributed by atoms with Crippen molar-refractivity contribution >= 4 is 15.9 Å². The van der Waals surface area contributed by atoms with Crippen molar-refractivity contribution in [2.45, 2.75) is 33.6 Å². The molecule has 1 heterocycles. The summed E-state index contributed by atoms with van der Waals surface area (Å²) in [5.74, 6) is 1.47. The lowest BCUT2D eigenvalue weighted by molar-refractivity contribution is 0.866. The number of imidazole rings is 1. The monoisotopic (exact) mass is 292 g/mol. The van der Waals surface area contributed by atoms with Gasteiger partial charge in [0.05, 0.1) is 0 Å². The Kier molecular flexibility index (Phi) is 3.38. The number of benzene rings is 1. The first-order valence-corrected chi connectivity index (χ1v) is 6.61. The lowest BCUT2D eigenvalue weighted by atomic mass is 9.97. The fourth-order valence-electron chi connectivity index (χ4n) is 1.90. The second-order valence-corrected chi connectivity index (χ2v) is 5.51. The standard InChI is InChI=1S/C14H17BrN2/c1-8(2)11-6-5-9(3)12(7-11)13-14(15)17-10(4)16-13/h5-8H,1-4H3,(H,16,17). The van der Waals surface area contributed by atoms with E-state index in [-0.39, 0.29) is 0 Å². The van der Waals surface area contributed by atoms with Crippen LogP contribution in [0.5, 0.6) is 0 Å². The maximum absolute atomic E-state index is 4.54. The molecule has 1 N–H and O–H groups in total. The van der Waals surface area contributed by atoms with Gasteiger partial charge in [-0.3, -0.25) is 0 Å². The van der Waals surface area contributed by atoms with Gasteiger partial charge in [-0.05, 0) is 52.9 Å². The summed E-state index contributed by atoms with van der Waals surface area (Å²) in [7, 11) is 0. The molecule has 0 aliphatic carbocycles. The van der Waals surface area contributed by atoms with E-state index in [4.69, 9.17) is 0 Å². The largest absolute Gasteiger partial charge is 0.336 e. The first-order chi connectivity index (χ1) is 7.99. The Morgan fingerprint density at radius 1 is 1.24 bits per heavy atom. The van der Waals surface area contributed by atoms with Crippen LogP contribution in [-0.2, 0) is 0 Å². The van der Waals surface area contributed by atoms with Gasteiger partial charge in [0, 0.05) is 5.56 Å². The van der Waals surface area contributed by atoms with E-state index >= 15 is 0 Å². The molecule has 0 aliphatic rings. The normalized spacial score (nSPS) is 11.2.